The molecule has 0 spiro atoms. The molecule has 0 saturated heterocycles. The summed E-state index contributed by atoms with van der Waals surface area (Å²) in [6.45, 7) is 2.39. The molecule has 0 atom stereocenters. The molecule has 0 aliphatic rings. The maximum atomic E-state index is 12.3. The summed E-state index contributed by atoms with van der Waals surface area (Å²) >= 11 is 3.44. The van der Waals surface area contributed by atoms with Crippen LogP contribution >= 0.6 is 15.9 Å². The zero-order valence-electron chi connectivity index (χ0n) is 15.2. The summed E-state index contributed by atoms with van der Waals surface area (Å²) in [6.07, 6.45) is 4.19. The summed E-state index contributed by atoms with van der Waals surface area (Å²) in [5.74, 6) is 0.969. The van der Waals surface area contributed by atoms with Crippen LogP contribution in [0.4, 0.5) is 5.69 Å². The smallest absolute Gasteiger partial charge is 0.229 e. The number of ketones is 1. The molecule has 0 aliphatic heterocycles. The predicted molar refractivity (Wildman–Crippen MR) is 110 cm³/mol. The number of allylic oxidation sites excluding steroid dienone is 1. The SMILES string of the molecule is CCOc1c(Br)cc(/C=C/C(=O)c2ccc(NS(C)(=O)=O)cc2)cc1OC. The first-order chi connectivity index (χ1) is 12.7. The maximum Gasteiger partial charge on any atom is 0.229 e. The summed E-state index contributed by atoms with van der Waals surface area (Å²) in [5, 5.41) is 0. The summed E-state index contributed by atoms with van der Waals surface area (Å²) in [5.41, 5.74) is 1.62. The van der Waals surface area contributed by atoms with Gasteiger partial charge < -0.3 is 9.47 Å². The van der Waals surface area contributed by atoms with Gasteiger partial charge in [0.1, 0.15) is 0 Å². The lowest BCUT2D eigenvalue weighted by Gasteiger charge is -2.12. The molecule has 2 rings (SSSR count). The Hall–Kier alpha value is -2.32. The molecule has 27 heavy (non-hydrogen) atoms. The third-order valence-corrected chi connectivity index (χ3v) is 4.64. The van der Waals surface area contributed by atoms with E-state index < -0.39 is 10.0 Å². The van der Waals surface area contributed by atoms with Gasteiger partial charge in [-0.2, -0.15) is 0 Å². The van der Waals surface area contributed by atoms with Crippen LogP contribution in [0, 0.1) is 0 Å². The van der Waals surface area contributed by atoms with Crippen LogP contribution in [0.1, 0.15) is 22.8 Å². The number of benzene rings is 2. The van der Waals surface area contributed by atoms with Gasteiger partial charge in [0.15, 0.2) is 17.3 Å². The van der Waals surface area contributed by atoms with Gasteiger partial charge in [0.2, 0.25) is 10.0 Å². The van der Waals surface area contributed by atoms with Gasteiger partial charge in [0, 0.05) is 11.3 Å². The Morgan fingerprint density at radius 2 is 1.89 bits per heavy atom. The molecule has 2 aromatic rings. The molecule has 0 aliphatic carbocycles. The van der Waals surface area contributed by atoms with Crippen LogP contribution in [-0.4, -0.2) is 34.2 Å². The van der Waals surface area contributed by atoms with Crippen molar-refractivity contribution in [3.63, 3.8) is 0 Å². The first kappa shape index (κ1) is 21.0. The Labute approximate surface area is 167 Å². The standard InChI is InChI=1S/C19H20BrNO5S/c1-4-26-19-16(20)11-13(12-18(19)25-2)5-10-17(22)14-6-8-15(9-7-14)21-27(3,23)24/h5-12,21H,4H2,1-3H3/b10-5+. The number of carbonyl (C=O) groups is 1. The largest absolute Gasteiger partial charge is 0.493 e. The van der Waals surface area contributed by atoms with Crippen LogP contribution in [0.25, 0.3) is 6.08 Å². The fourth-order valence-corrected chi connectivity index (χ4v) is 3.44. The monoisotopic (exact) mass is 453 g/mol. The van der Waals surface area contributed by atoms with E-state index in [1.165, 1.54) is 6.08 Å². The van der Waals surface area contributed by atoms with E-state index in [-0.39, 0.29) is 5.78 Å². The van der Waals surface area contributed by atoms with Crippen molar-refractivity contribution >= 4 is 43.5 Å². The number of hydrogen-bond acceptors (Lipinski definition) is 5. The third-order valence-electron chi connectivity index (χ3n) is 3.44. The first-order valence-electron chi connectivity index (χ1n) is 8.04. The number of carbonyl (C=O) groups excluding carboxylic acids is 1. The van der Waals surface area contributed by atoms with Gasteiger partial charge in [-0.1, -0.05) is 6.08 Å². The molecule has 144 valence electrons. The molecule has 0 heterocycles. The van der Waals surface area contributed by atoms with Crippen LogP contribution < -0.4 is 14.2 Å². The maximum absolute atomic E-state index is 12.3. The Morgan fingerprint density at radius 3 is 2.44 bits per heavy atom. The average molecular weight is 454 g/mol. The van der Waals surface area contributed by atoms with E-state index >= 15 is 0 Å². The van der Waals surface area contributed by atoms with E-state index in [2.05, 4.69) is 20.7 Å². The Kier molecular flexibility index (Phi) is 7.04. The van der Waals surface area contributed by atoms with Crippen LogP contribution in [0.3, 0.4) is 0 Å². The Bertz CT molecular complexity index is 953. The molecule has 0 unspecified atom stereocenters. The summed E-state index contributed by atoms with van der Waals surface area (Å²) in [4.78, 5) is 12.3. The number of methoxy groups -OCH3 is 1. The van der Waals surface area contributed by atoms with Gasteiger partial charge in [0.25, 0.3) is 0 Å². The molecular weight excluding hydrogens is 434 g/mol. The van der Waals surface area contributed by atoms with E-state index in [0.29, 0.717) is 29.4 Å². The number of ether oxygens (including phenoxy) is 2. The summed E-state index contributed by atoms with van der Waals surface area (Å²) < 4.78 is 36.4. The van der Waals surface area contributed by atoms with Crippen molar-refractivity contribution in [2.24, 2.45) is 0 Å². The van der Waals surface area contributed by atoms with E-state index in [9.17, 15) is 13.2 Å². The predicted octanol–water partition coefficient (Wildman–Crippen LogP) is 4.12. The average Bonchev–Trinajstić information content (AvgIpc) is 2.61. The molecule has 0 fully saturated rings. The number of anilines is 1. The molecule has 0 amide bonds. The van der Waals surface area contributed by atoms with Crippen molar-refractivity contribution in [2.45, 2.75) is 6.92 Å². The molecule has 0 radical (unpaired) electrons. The first-order valence-corrected chi connectivity index (χ1v) is 10.7. The van der Waals surface area contributed by atoms with E-state index in [1.807, 2.05) is 13.0 Å². The van der Waals surface area contributed by atoms with Crippen molar-refractivity contribution in [3.8, 4) is 11.5 Å². The summed E-state index contributed by atoms with van der Waals surface area (Å²) in [6, 6.07) is 9.82. The molecular formula is C19H20BrNO5S. The second kappa shape index (κ2) is 9.05. The minimum absolute atomic E-state index is 0.204. The second-order valence-electron chi connectivity index (χ2n) is 5.62. The van der Waals surface area contributed by atoms with Crippen molar-refractivity contribution in [1.29, 1.82) is 0 Å². The number of rotatable bonds is 8. The van der Waals surface area contributed by atoms with Gasteiger partial charge >= 0.3 is 0 Å². The molecule has 2 aromatic carbocycles. The number of hydrogen-bond donors (Lipinski definition) is 1. The molecule has 0 aromatic heterocycles. The molecule has 0 bridgehead atoms. The van der Waals surface area contributed by atoms with Gasteiger partial charge in [-0.15, -0.1) is 0 Å². The van der Waals surface area contributed by atoms with Crippen molar-refractivity contribution in [3.05, 3.63) is 58.1 Å². The Morgan fingerprint density at radius 1 is 1.22 bits per heavy atom. The van der Waals surface area contributed by atoms with Gasteiger partial charge in [0.05, 0.1) is 24.4 Å². The van der Waals surface area contributed by atoms with Crippen LogP contribution in [-0.2, 0) is 10.0 Å². The highest BCUT2D eigenvalue weighted by molar-refractivity contribution is 9.10. The van der Waals surface area contributed by atoms with E-state index in [0.717, 1.165) is 16.3 Å². The lowest BCUT2D eigenvalue weighted by Crippen LogP contribution is -2.09. The van der Waals surface area contributed by atoms with Crippen molar-refractivity contribution in [1.82, 2.24) is 0 Å². The highest BCUT2D eigenvalue weighted by atomic mass is 79.9. The topological polar surface area (TPSA) is 81.7 Å². The molecule has 6 nitrogen and oxygen atoms in total. The quantitative estimate of drug-likeness (QED) is 0.479. The fraction of sp³-hybridized carbons (Fsp3) is 0.211. The molecule has 0 saturated carbocycles. The fourth-order valence-electron chi connectivity index (χ4n) is 2.31. The van der Waals surface area contributed by atoms with Crippen LogP contribution in [0.2, 0.25) is 0 Å². The zero-order valence-corrected chi connectivity index (χ0v) is 17.6. The van der Waals surface area contributed by atoms with Crippen molar-refractivity contribution < 1.29 is 22.7 Å². The van der Waals surface area contributed by atoms with Gasteiger partial charge in [-0.3, -0.25) is 9.52 Å². The number of sulfonamides is 1. The number of halogens is 1. The highest BCUT2D eigenvalue weighted by Crippen LogP contribution is 2.37. The lowest BCUT2D eigenvalue weighted by molar-refractivity contribution is 0.104. The molecule has 8 heteroatoms. The highest BCUT2D eigenvalue weighted by Gasteiger charge is 2.11. The Balaban J connectivity index is 2.18. The van der Waals surface area contributed by atoms with Crippen LogP contribution in [0.15, 0.2) is 46.9 Å². The minimum atomic E-state index is -3.35. The number of nitrogens with one attached hydrogen (secondary N) is 1. The van der Waals surface area contributed by atoms with Crippen LogP contribution in [0.5, 0.6) is 11.5 Å². The molecule has 1 N–H and O–H groups in total. The summed E-state index contributed by atoms with van der Waals surface area (Å²) in [7, 11) is -1.80. The van der Waals surface area contributed by atoms with Gasteiger partial charge in [-0.25, -0.2) is 8.42 Å². The zero-order chi connectivity index (χ0) is 20.0. The van der Waals surface area contributed by atoms with E-state index in [1.54, 1.807) is 43.5 Å². The minimum Gasteiger partial charge on any atom is -0.493 e. The third kappa shape index (κ3) is 6.11. The lowest BCUT2D eigenvalue weighted by atomic mass is 10.1. The van der Waals surface area contributed by atoms with Gasteiger partial charge in [-0.05, 0) is 70.9 Å². The normalized spacial score (nSPS) is 11.4. The second-order valence-corrected chi connectivity index (χ2v) is 8.22. The van der Waals surface area contributed by atoms with E-state index in [4.69, 9.17) is 9.47 Å². The van der Waals surface area contributed by atoms with Crippen molar-refractivity contribution in [2.75, 3.05) is 24.7 Å².